The van der Waals surface area contributed by atoms with Crippen molar-refractivity contribution in [3.8, 4) is 17.2 Å². The predicted molar refractivity (Wildman–Crippen MR) is 109 cm³/mol. The van der Waals surface area contributed by atoms with Crippen LogP contribution in [0.5, 0.6) is 17.2 Å². The van der Waals surface area contributed by atoms with E-state index >= 15 is 0 Å². The quantitative estimate of drug-likeness (QED) is 0.518. The summed E-state index contributed by atoms with van der Waals surface area (Å²) in [5, 5.41) is 9.94. The van der Waals surface area contributed by atoms with Crippen molar-refractivity contribution >= 4 is 11.6 Å². The zero-order valence-corrected chi connectivity index (χ0v) is 16.2. The molecule has 3 rings (SSSR count). The molecule has 1 N–H and O–H groups in total. The summed E-state index contributed by atoms with van der Waals surface area (Å²) in [7, 11) is 0. The van der Waals surface area contributed by atoms with Crippen molar-refractivity contribution in [1.29, 1.82) is 0 Å². The van der Waals surface area contributed by atoms with Crippen LogP contribution < -0.4 is 4.74 Å². The fraction of sp³-hybridized carbons (Fsp3) is 0.217. The molecule has 3 nitrogen and oxygen atoms in total. The van der Waals surface area contributed by atoms with Crippen LogP contribution in [0.25, 0.3) is 0 Å². The molecule has 3 aromatic carbocycles. The van der Waals surface area contributed by atoms with Gasteiger partial charge in [0, 0.05) is 5.41 Å². The Morgan fingerprint density at radius 1 is 0.889 bits per heavy atom. The minimum atomic E-state index is -0.227. The molecular formula is C23H23ClO3. The van der Waals surface area contributed by atoms with Crippen molar-refractivity contribution in [2.75, 3.05) is 6.61 Å². The van der Waals surface area contributed by atoms with Gasteiger partial charge in [-0.1, -0.05) is 61.8 Å². The fourth-order valence-electron chi connectivity index (χ4n) is 2.76. The van der Waals surface area contributed by atoms with Crippen LogP contribution in [-0.2, 0) is 16.8 Å². The molecule has 0 aliphatic rings. The summed E-state index contributed by atoms with van der Waals surface area (Å²) in [6.45, 7) is 5.19. The summed E-state index contributed by atoms with van der Waals surface area (Å²) in [6.07, 6.45) is 0. The van der Waals surface area contributed by atoms with E-state index in [0.717, 1.165) is 22.6 Å². The Morgan fingerprint density at radius 3 is 2.37 bits per heavy atom. The maximum absolute atomic E-state index is 9.59. The van der Waals surface area contributed by atoms with E-state index in [2.05, 4.69) is 13.8 Å². The molecule has 0 atom stereocenters. The first kappa shape index (κ1) is 19.3. The van der Waals surface area contributed by atoms with Gasteiger partial charge in [-0.25, -0.2) is 0 Å². The van der Waals surface area contributed by atoms with E-state index in [1.54, 1.807) is 12.1 Å². The van der Waals surface area contributed by atoms with E-state index in [1.165, 1.54) is 0 Å². The van der Waals surface area contributed by atoms with E-state index < -0.39 is 0 Å². The Balaban J connectivity index is 1.59. The zero-order chi connectivity index (χ0) is 19.3. The highest BCUT2D eigenvalue weighted by atomic mass is 35.5. The van der Waals surface area contributed by atoms with E-state index in [0.29, 0.717) is 18.2 Å². The van der Waals surface area contributed by atoms with Gasteiger partial charge in [0.2, 0.25) is 0 Å². The van der Waals surface area contributed by atoms with E-state index in [-0.39, 0.29) is 11.2 Å². The molecule has 0 radical (unpaired) electrons. The van der Waals surface area contributed by atoms with Crippen LogP contribution in [0.2, 0.25) is 5.02 Å². The van der Waals surface area contributed by atoms with E-state index in [4.69, 9.17) is 21.1 Å². The average molecular weight is 383 g/mol. The molecule has 0 spiro atoms. The number of phenols is 1. The third kappa shape index (κ3) is 5.25. The number of para-hydroxylation sites is 1. The smallest absolute Gasteiger partial charge is 0.134 e. The molecule has 0 aliphatic heterocycles. The van der Waals surface area contributed by atoms with Gasteiger partial charge in [-0.05, 0) is 47.5 Å². The van der Waals surface area contributed by atoms with Crippen molar-refractivity contribution in [3.63, 3.8) is 0 Å². The van der Waals surface area contributed by atoms with Crippen molar-refractivity contribution in [2.45, 2.75) is 25.9 Å². The SMILES string of the molecule is CC(C)(COCc1cccc(Oc2ccccc2)c1)c1ccc(O)c(Cl)c1. The van der Waals surface area contributed by atoms with Crippen molar-refractivity contribution in [1.82, 2.24) is 0 Å². The summed E-state index contributed by atoms with van der Waals surface area (Å²) >= 11 is 6.03. The first-order valence-electron chi connectivity index (χ1n) is 8.83. The minimum Gasteiger partial charge on any atom is -0.506 e. The number of aromatic hydroxyl groups is 1. The molecule has 0 aromatic heterocycles. The standard InChI is InChI=1S/C23H23ClO3/c1-23(2,18-11-12-22(25)21(24)14-18)16-26-15-17-7-6-10-20(13-17)27-19-8-4-3-5-9-19/h3-14,25H,15-16H2,1-2H3. The van der Waals surface area contributed by atoms with E-state index in [9.17, 15) is 5.11 Å². The van der Waals surface area contributed by atoms with Crippen LogP contribution in [0.15, 0.2) is 72.8 Å². The first-order chi connectivity index (χ1) is 12.9. The number of phenolic OH excluding ortho intramolecular Hbond substituents is 1. The topological polar surface area (TPSA) is 38.7 Å². The molecule has 0 heterocycles. The molecule has 0 saturated heterocycles. The van der Waals surface area contributed by atoms with Gasteiger partial charge in [-0.15, -0.1) is 0 Å². The summed E-state index contributed by atoms with van der Waals surface area (Å²) in [5.74, 6) is 1.68. The Kier molecular flexibility index (Phi) is 6.04. The summed E-state index contributed by atoms with van der Waals surface area (Å²) < 4.78 is 11.8. The van der Waals surface area contributed by atoms with Crippen LogP contribution in [0.1, 0.15) is 25.0 Å². The second-order valence-corrected chi connectivity index (χ2v) is 7.51. The number of rotatable bonds is 7. The van der Waals surface area contributed by atoms with Gasteiger partial charge >= 0.3 is 0 Å². The highest BCUT2D eigenvalue weighted by molar-refractivity contribution is 6.32. The van der Waals surface area contributed by atoms with Gasteiger partial charge < -0.3 is 14.6 Å². The van der Waals surface area contributed by atoms with Gasteiger partial charge in [-0.2, -0.15) is 0 Å². The van der Waals surface area contributed by atoms with Crippen LogP contribution >= 0.6 is 11.6 Å². The van der Waals surface area contributed by atoms with Crippen LogP contribution in [0.3, 0.4) is 0 Å². The lowest BCUT2D eigenvalue weighted by Gasteiger charge is -2.25. The molecule has 3 aromatic rings. The monoisotopic (exact) mass is 382 g/mol. The lowest BCUT2D eigenvalue weighted by atomic mass is 9.85. The molecular weight excluding hydrogens is 360 g/mol. The van der Waals surface area contributed by atoms with Crippen LogP contribution in [0.4, 0.5) is 0 Å². The second-order valence-electron chi connectivity index (χ2n) is 7.11. The Labute approximate surface area is 165 Å². The molecule has 0 unspecified atom stereocenters. The number of hydrogen-bond donors (Lipinski definition) is 1. The molecule has 0 saturated carbocycles. The van der Waals surface area contributed by atoms with Gasteiger partial charge in [0.1, 0.15) is 17.2 Å². The van der Waals surface area contributed by atoms with Gasteiger partial charge in [0.15, 0.2) is 0 Å². The second kappa shape index (κ2) is 8.47. The average Bonchev–Trinajstić information content (AvgIpc) is 2.65. The Hall–Kier alpha value is -2.49. The molecule has 0 fully saturated rings. The maximum Gasteiger partial charge on any atom is 0.134 e. The van der Waals surface area contributed by atoms with Gasteiger partial charge in [0.25, 0.3) is 0 Å². The van der Waals surface area contributed by atoms with E-state index in [1.807, 2.05) is 60.7 Å². The number of hydrogen-bond acceptors (Lipinski definition) is 3. The number of benzene rings is 3. The number of halogens is 1. The molecule has 140 valence electrons. The highest BCUT2D eigenvalue weighted by Gasteiger charge is 2.22. The summed E-state index contributed by atoms with van der Waals surface area (Å²) in [6, 6.07) is 22.9. The normalized spacial score (nSPS) is 11.4. The zero-order valence-electron chi connectivity index (χ0n) is 15.5. The lowest BCUT2D eigenvalue weighted by molar-refractivity contribution is 0.0824. The predicted octanol–water partition coefficient (Wildman–Crippen LogP) is 6.33. The maximum atomic E-state index is 9.59. The van der Waals surface area contributed by atoms with Gasteiger partial charge in [0.05, 0.1) is 18.2 Å². The molecule has 0 amide bonds. The Morgan fingerprint density at radius 2 is 1.63 bits per heavy atom. The van der Waals surface area contributed by atoms with Crippen LogP contribution in [-0.4, -0.2) is 11.7 Å². The third-order valence-corrected chi connectivity index (χ3v) is 4.64. The molecule has 0 aliphatic carbocycles. The highest BCUT2D eigenvalue weighted by Crippen LogP contribution is 2.31. The minimum absolute atomic E-state index is 0.0902. The van der Waals surface area contributed by atoms with Crippen LogP contribution in [0, 0.1) is 0 Å². The summed E-state index contributed by atoms with van der Waals surface area (Å²) in [5.41, 5.74) is 1.84. The fourth-order valence-corrected chi connectivity index (χ4v) is 2.94. The molecule has 4 heteroatoms. The summed E-state index contributed by atoms with van der Waals surface area (Å²) in [4.78, 5) is 0. The lowest BCUT2D eigenvalue weighted by Crippen LogP contribution is -2.24. The van der Waals surface area contributed by atoms with Crippen molar-refractivity contribution < 1.29 is 14.6 Å². The largest absolute Gasteiger partial charge is 0.506 e. The van der Waals surface area contributed by atoms with Crippen molar-refractivity contribution in [2.24, 2.45) is 0 Å². The Bertz CT molecular complexity index is 891. The molecule has 27 heavy (non-hydrogen) atoms. The van der Waals surface area contributed by atoms with Crippen molar-refractivity contribution in [3.05, 3.63) is 88.9 Å². The first-order valence-corrected chi connectivity index (χ1v) is 9.20. The van der Waals surface area contributed by atoms with Gasteiger partial charge in [-0.3, -0.25) is 0 Å². The number of ether oxygens (including phenoxy) is 2. The molecule has 0 bridgehead atoms. The third-order valence-electron chi connectivity index (χ3n) is 4.34.